The second kappa shape index (κ2) is 5.01. The molecule has 0 saturated heterocycles. The first kappa shape index (κ1) is 11.1. The van der Waals surface area contributed by atoms with Crippen LogP contribution >= 0.6 is 0 Å². The van der Waals surface area contributed by atoms with Crippen molar-refractivity contribution < 1.29 is 9.90 Å². The zero-order valence-electron chi connectivity index (χ0n) is 8.47. The van der Waals surface area contributed by atoms with Gasteiger partial charge in [-0.1, -0.05) is 12.0 Å². The van der Waals surface area contributed by atoms with Crippen LogP contribution < -0.4 is 4.90 Å². The van der Waals surface area contributed by atoms with E-state index in [0.717, 1.165) is 5.56 Å². The number of aryl methyl sites for hydroxylation is 1. The lowest BCUT2D eigenvalue weighted by atomic mass is 10.3. The number of terminal acetylenes is 1. The fourth-order valence-electron chi connectivity index (χ4n) is 1.14. The van der Waals surface area contributed by atoms with Gasteiger partial charge in [-0.05, 0) is 18.6 Å². The van der Waals surface area contributed by atoms with Gasteiger partial charge in [0.15, 0.2) is 0 Å². The highest BCUT2D eigenvalue weighted by molar-refractivity contribution is 5.73. The Kier molecular flexibility index (Phi) is 3.69. The number of carbonyl (C=O) groups is 1. The molecule has 1 aromatic heterocycles. The SMILES string of the molecule is C#CCN(CC(=O)O)c1ccc(C)cn1. The van der Waals surface area contributed by atoms with E-state index < -0.39 is 5.97 Å². The third kappa shape index (κ3) is 3.31. The molecule has 78 valence electrons. The van der Waals surface area contributed by atoms with Gasteiger partial charge in [0, 0.05) is 6.20 Å². The zero-order valence-corrected chi connectivity index (χ0v) is 8.47. The lowest BCUT2D eigenvalue weighted by Crippen LogP contribution is -2.30. The Bertz CT molecular complexity index is 379. The van der Waals surface area contributed by atoms with Crippen LogP contribution in [0.5, 0.6) is 0 Å². The van der Waals surface area contributed by atoms with E-state index in [1.54, 1.807) is 12.3 Å². The van der Waals surface area contributed by atoms with Gasteiger partial charge < -0.3 is 10.0 Å². The highest BCUT2D eigenvalue weighted by Crippen LogP contribution is 2.09. The second-order valence-corrected chi connectivity index (χ2v) is 3.15. The molecular weight excluding hydrogens is 192 g/mol. The maximum atomic E-state index is 10.6. The van der Waals surface area contributed by atoms with Gasteiger partial charge in [0.05, 0.1) is 6.54 Å². The van der Waals surface area contributed by atoms with Crippen LogP contribution in [-0.2, 0) is 4.79 Å². The summed E-state index contributed by atoms with van der Waals surface area (Å²) in [6, 6.07) is 3.63. The van der Waals surface area contributed by atoms with Crippen molar-refractivity contribution in [2.24, 2.45) is 0 Å². The number of aromatic nitrogens is 1. The van der Waals surface area contributed by atoms with Gasteiger partial charge >= 0.3 is 5.97 Å². The van der Waals surface area contributed by atoms with Crippen LogP contribution in [0.3, 0.4) is 0 Å². The molecule has 0 amide bonds. The molecule has 0 bridgehead atoms. The predicted octanol–water partition coefficient (Wildman–Crippen LogP) is 0.914. The molecule has 4 heteroatoms. The summed E-state index contributed by atoms with van der Waals surface area (Å²) in [5, 5.41) is 8.69. The van der Waals surface area contributed by atoms with Gasteiger partial charge in [0.2, 0.25) is 0 Å². The number of hydrogen-bond acceptors (Lipinski definition) is 3. The van der Waals surface area contributed by atoms with Gasteiger partial charge in [0.1, 0.15) is 12.4 Å². The molecule has 0 aliphatic rings. The molecule has 4 nitrogen and oxygen atoms in total. The van der Waals surface area contributed by atoms with Crippen molar-refractivity contribution in [2.75, 3.05) is 18.0 Å². The van der Waals surface area contributed by atoms with E-state index in [-0.39, 0.29) is 13.1 Å². The molecule has 1 rings (SSSR count). The molecule has 0 spiro atoms. The van der Waals surface area contributed by atoms with Crippen LogP contribution in [-0.4, -0.2) is 29.1 Å². The van der Waals surface area contributed by atoms with Gasteiger partial charge in [-0.2, -0.15) is 0 Å². The number of rotatable bonds is 4. The summed E-state index contributed by atoms with van der Waals surface area (Å²) in [6.45, 7) is 2.02. The van der Waals surface area contributed by atoms with E-state index in [9.17, 15) is 4.79 Å². The van der Waals surface area contributed by atoms with E-state index in [1.807, 2.05) is 13.0 Å². The summed E-state index contributed by atoms with van der Waals surface area (Å²) < 4.78 is 0. The van der Waals surface area contributed by atoms with E-state index in [1.165, 1.54) is 4.90 Å². The van der Waals surface area contributed by atoms with Crippen molar-refractivity contribution in [1.82, 2.24) is 4.98 Å². The Morgan fingerprint density at radius 1 is 1.67 bits per heavy atom. The standard InChI is InChI=1S/C11H12N2O2/c1-3-6-13(8-11(14)15)10-5-4-9(2)7-12-10/h1,4-5,7H,6,8H2,2H3,(H,14,15). The van der Waals surface area contributed by atoms with Gasteiger partial charge in [-0.15, -0.1) is 6.42 Å². The molecule has 0 atom stereocenters. The molecule has 0 aliphatic carbocycles. The van der Waals surface area contributed by atoms with Crippen molar-refractivity contribution >= 4 is 11.8 Å². The van der Waals surface area contributed by atoms with E-state index in [2.05, 4.69) is 10.9 Å². The minimum atomic E-state index is -0.923. The number of carboxylic acid groups (broad SMARTS) is 1. The van der Waals surface area contributed by atoms with Crippen LogP contribution in [0, 0.1) is 19.3 Å². The Labute approximate surface area is 88.6 Å². The van der Waals surface area contributed by atoms with Crippen molar-refractivity contribution in [3.8, 4) is 12.3 Å². The Balaban J connectivity index is 2.84. The molecule has 1 N–H and O–H groups in total. The molecule has 1 aromatic rings. The van der Waals surface area contributed by atoms with Gasteiger partial charge in [0.25, 0.3) is 0 Å². The largest absolute Gasteiger partial charge is 0.480 e. The molecule has 0 saturated carbocycles. The molecule has 0 aliphatic heterocycles. The van der Waals surface area contributed by atoms with E-state index >= 15 is 0 Å². The number of anilines is 1. The van der Waals surface area contributed by atoms with Crippen molar-refractivity contribution in [1.29, 1.82) is 0 Å². The average molecular weight is 204 g/mol. The summed E-state index contributed by atoms with van der Waals surface area (Å²) >= 11 is 0. The van der Waals surface area contributed by atoms with Gasteiger partial charge in [-0.25, -0.2) is 4.98 Å². The number of nitrogens with zero attached hydrogens (tertiary/aromatic N) is 2. The van der Waals surface area contributed by atoms with E-state index in [4.69, 9.17) is 11.5 Å². The van der Waals surface area contributed by atoms with E-state index in [0.29, 0.717) is 5.82 Å². The highest BCUT2D eigenvalue weighted by Gasteiger charge is 2.09. The monoisotopic (exact) mass is 204 g/mol. The smallest absolute Gasteiger partial charge is 0.323 e. The van der Waals surface area contributed by atoms with Crippen LogP contribution in [0.1, 0.15) is 5.56 Å². The first-order chi connectivity index (χ1) is 7.13. The van der Waals surface area contributed by atoms with Crippen molar-refractivity contribution in [2.45, 2.75) is 6.92 Å². The maximum Gasteiger partial charge on any atom is 0.323 e. The summed E-state index contributed by atoms with van der Waals surface area (Å²) in [6.07, 6.45) is 6.84. The number of pyridine rings is 1. The second-order valence-electron chi connectivity index (χ2n) is 3.15. The molecule has 0 radical (unpaired) electrons. The fourth-order valence-corrected chi connectivity index (χ4v) is 1.14. The topological polar surface area (TPSA) is 53.4 Å². The third-order valence-corrected chi connectivity index (χ3v) is 1.83. The number of hydrogen-bond donors (Lipinski definition) is 1. The number of carboxylic acids is 1. The van der Waals surface area contributed by atoms with Gasteiger partial charge in [-0.3, -0.25) is 4.79 Å². The normalized spacial score (nSPS) is 9.33. The maximum absolute atomic E-state index is 10.6. The molecule has 1 heterocycles. The lowest BCUT2D eigenvalue weighted by Gasteiger charge is -2.18. The number of aliphatic carboxylic acids is 1. The minimum Gasteiger partial charge on any atom is -0.480 e. The summed E-state index contributed by atoms with van der Waals surface area (Å²) in [7, 11) is 0. The first-order valence-corrected chi connectivity index (χ1v) is 4.46. The van der Waals surface area contributed by atoms with Crippen LogP contribution in [0.4, 0.5) is 5.82 Å². The quantitative estimate of drug-likeness (QED) is 0.741. The molecular formula is C11H12N2O2. The molecule has 0 aromatic carbocycles. The fraction of sp³-hybridized carbons (Fsp3) is 0.273. The van der Waals surface area contributed by atoms with Crippen LogP contribution in [0.15, 0.2) is 18.3 Å². The van der Waals surface area contributed by atoms with Crippen molar-refractivity contribution in [3.05, 3.63) is 23.9 Å². The Morgan fingerprint density at radius 2 is 2.40 bits per heavy atom. The van der Waals surface area contributed by atoms with Crippen LogP contribution in [0.25, 0.3) is 0 Å². The molecule has 15 heavy (non-hydrogen) atoms. The minimum absolute atomic E-state index is 0.139. The summed E-state index contributed by atoms with van der Waals surface area (Å²) in [4.78, 5) is 16.2. The summed E-state index contributed by atoms with van der Waals surface area (Å²) in [5.41, 5.74) is 1.02. The average Bonchev–Trinajstić information content (AvgIpc) is 2.17. The third-order valence-electron chi connectivity index (χ3n) is 1.83. The predicted molar refractivity (Wildman–Crippen MR) is 57.7 cm³/mol. The molecule has 0 unspecified atom stereocenters. The Morgan fingerprint density at radius 3 is 2.87 bits per heavy atom. The zero-order chi connectivity index (χ0) is 11.3. The Hall–Kier alpha value is -2.02. The van der Waals surface area contributed by atoms with Crippen LogP contribution in [0.2, 0.25) is 0 Å². The molecule has 0 fully saturated rings. The highest BCUT2D eigenvalue weighted by atomic mass is 16.4. The summed E-state index contributed by atoms with van der Waals surface area (Å²) in [5.74, 6) is 2.07. The van der Waals surface area contributed by atoms with Crippen molar-refractivity contribution in [3.63, 3.8) is 0 Å². The first-order valence-electron chi connectivity index (χ1n) is 4.46. The lowest BCUT2D eigenvalue weighted by molar-refractivity contribution is -0.135.